The van der Waals surface area contributed by atoms with E-state index in [0.29, 0.717) is 52.9 Å². The van der Waals surface area contributed by atoms with Crippen molar-refractivity contribution in [1.29, 1.82) is 0 Å². The van der Waals surface area contributed by atoms with Gasteiger partial charge in [-0.05, 0) is 69.4 Å². The number of fused-ring (bicyclic) bond motifs is 1. The number of amides is 2. The second-order valence-corrected chi connectivity index (χ2v) is 11.6. The van der Waals surface area contributed by atoms with Crippen LogP contribution in [0.2, 0.25) is 0 Å². The minimum Gasteiger partial charge on any atom is -0.444 e. The number of benzene rings is 1. The van der Waals surface area contributed by atoms with Crippen LogP contribution in [0.4, 0.5) is 16.4 Å². The second-order valence-electron chi connectivity index (χ2n) is 11.6. The number of carbonyl (C=O) groups excluding carboxylic acids is 2. The van der Waals surface area contributed by atoms with Crippen LogP contribution in [0.1, 0.15) is 75.3 Å². The third-order valence-electron chi connectivity index (χ3n) is 7.03. The zero-order chi connectivity index (χ0) is 29.3. The van der Waals surface area contributed by atoms with E-state index >= 15 is 0 Å². The number of carbonyl (C=O) groups is 2. The van der Waals surface area contributed by atoms with Crippen LogP contribution in [0.15, 0.2) is 48.9 Å². The molecule has 2 amide bonds. The molecule has 0 bridgehead atoms. The first-order valence-corrected chi connectivity index (χ1v) is 13.8. The second kappa shape index (κ2) is 11.1. The maximum absolute atomic E-state index is 12.9. The molecule has 0 spiro atoms. The SMILES string of the molecule is CC(C)c1ccnc(NC(=O)c2ccc(-c3nn([C@@H]4CCCN(C(=O)OC(C)(C)C)C4)c4ncnc(N)c34)cc2)c1. The van der Waals surface area contributed by atoms with Gasteiger partial charge in [-0.25, -0.2) is 24.4 Å². The van der Waals surface area contributed by atoms with E-state index in [2.05, 4.69) is 34.1 Å². The molecule has 1 aliphatic rings. The summed E-state index contributed by atoms with van der Waals surface area (Å²) < 4.78 is 7.44. The van der Waals surface area contributed by atoms with Gasteiger partial charge in [0.15, 0.2) is 5.65 Å². The fourth-order valence-corrected chi connectivity index (χ4v) is 4.94. The summed E-state index contributed by atoms with van der Waals surface area (Å²) >= 11 is 0. The Morgan fingerprint density at radius 2 is 1.85 bits per heavy atom. The number of rotatable bonds is 5. The summed E-state index contributed by atoms with van der Waals surface area (Å²) in [6, 6.07) is 10.9. The highest BCUT2D eigenvalue weighted by Gasteiger charge is 2.31. The third kappa shape index (κ3) is 6.13. The topological polar surface area (TPSA) is 141 Å². The van der Waals surface area contributed by atoms with E-state index in [-0.39, 0.29) is 18.0 Å². The highest BCUT2D eigenvalue weighted by molar-refractivity contribution is 6.04. The van der Waals surface area contributed by atoms with Crippen molar-refractivity contribution in [2.45, 2.75) is 65.0 Å². The molecule has 0 unspecified atom stereocenters. The Kier molecular flexibility index (Phi) is 7.61. The van der Waals surface area contributed by atoms with Crippen LogP contribution in [0.25, 0.3) is 22.3 Å². The van der Waals surface area contributed by atoms with E-state index in [1.165, 1.54) is 6.33 Å². The number of aromatic nitrogens is 5. The Balaban J connectivity index is 1.41. The van der Waals surface area contributed by atoms with Gasteiger partial charge in [-0.15, -0.1) is 0 Å². The van der Waals surface area contributed by atoms with Gasteiger partial charge in [-0.1, -0.05) is 26.0 Å². The quantitative estimate of drug-likeness (QED) is 0.332. The largest absolute Gasteiger partial charge is 0.444 e. The van der Waals surface area contributed by atoms with E-state index in [0.717, 1.165) is 24.0 Å². The molecule has 11 nitrogen and oxygen atoms in total. The summed E-state index contributed by atoms with van der Waals surface area (Å²) in [5, 5.41) is 8.43. The number of likely N-dealkylation sites (tertiary alicyclic amines) is 1. The number of nitrogens with two attached hydrogens (primary N) is 1. The number of hydrogen-bond donors (Lipinski definition) is 2. The van der Waals surface area contributed by atoms with Crippen molar-refractivity contribution in [2.24, 2.45) is 0 Å². The molecule has 214 valence electrons. The highest BCUT2D eigenvalue weighted by atomic mass is 16.6. The van der Waals surface area contributed by atoms with Crippen LogP contribution >= 0.6 is 0 Å². The zero-order valence-corrected chi connectivity index (χ0v) is 24.1. The van der Waals surface area contributed by atoms with Gasteiger partial charge < -0.3 is 20.7 Å². The minimum atomic E-state index is -0.574. The summed E-state index contributed by atoms with van der Waals surface area (Å²) in [6.45, 7) is 10.8. The number of nitrogens with zero attached hydrogens (tertiary/aromatic N) is 6. The number of ether oxygens (including phenoxy) is 1. The summed E-state index contributed by atoms with van der Waals surface area (Å²) in [6.07, 6.45) is 4.41. The van der Waals surface area contributed by atoms with Crippen LogP contribution in [0.5, 0.6) is 0 Å². The molecule has 4 aromatic rings. The van der Waals surface area contributed by atoms with Crippen molar-refractivity contribution in [3.05, 3.63) is 60.0 Å². The van der Waals surface area contributed by atoms with Gasteiger partial charge in [0, 0.05) is 30.4 Å². The molecule has 1 aliphatic heterocycles. The normalized spacial score (nSPS) is 15.8. The molecule has 3 N–H and O–H groups in total. The molecule has 0 aliphatic carbocycles. The van der Waals surface area contributed by atoms with Gasteiger partial charge >= 0.3 is 6.09 Å². The maximum atomic E-state index is 12.9. The predicted molar refractivity (Wildman–Crippen MR) is 158 cm³/mol. The van der Waals surface area contributed by atoms with Gasteiger partial charge in [0.1, 0.15) is 29.3 Å². The Morgan fingerprint density at radius 3 is 2.56 bits per heavy atom. The molecule has 41 heavy (non-hydrogen) atoms. The molecular formula is C30H36N8O3. The van der Waals surface area contributed by atoms with Crippen molar-refractivity contribution in [3.63, 3.8) is 0 Å². The van der Waals surface area contributed by atoms with Crippen LogP contribution in [-0.2, 0) is 4.74 Å². The first-order chi connectivity index (χ1) is 19.5. The Labute approximate surface area is 239 Å². The van der Waals surface area contributed by atoms with E-state index in [4.69, 9.17) is 15.6 Å². The summed E-state index contributed by atoms with van der Waals surface area (Å²) in [5.41, 5.74) is 9.31. The number of nitrogens with one attached hydrogen (secondary N) is 1. The molecule has 1 aromatic carbocycles. The van der Waals surface area contributed by atoms with E-state index in [9.17, 15) is 9.59 Å². The average molecular weight is 557 g/mol. The number of piperidine rings is 1. The van der Waals surface area contributed by atoms with E-state index < -0.39 is 5.60 Å². The Hall–Kier alpha value is -4.54. The number of nitrogen functional groups attached to an aromatic ring is 1. The van der Waals surface area contributed by atoms with Crippen LogP contribution in [0, 0.1) is 0 Å². The zero-order valence-electron chi connectivity index (χ0n) is 24.1. The first-order valence-electron chi connectivity index (χ1n) is 13.8. The lowest BCUT2D eigenvalue weighted by atomic mass is 10.0. The third-order valence-corrected chi connectivity index (χ3v) is 7.03. The molecule has 3 aromatic heterocycles. The minimum absolute atomic E-state index is 0.110. The fourth-order valence-electron chi connectivity index (χ4n) is 4.94. The van der Waals surface area contributed by atoms with Crippen LogP contribution in [-0.4, -0.2) is 60.3 Å². The van der Waals surface area contributed by atoms with Crippen molar-refractivity contribution in [2.75, 3.05) is 24.1 Å². The van der Waals surface area contributed by atoms with Gasteiger partial charge in [-0.3, -0.25) is 4.79 Å². The lowest BCUT2D eigenvalue weighted by molar-refractivity contribution is 0.0169. The maximum Gasteiger partial charge on any atom is 0.410 e. The van der Waals surface area contributed by atoms with Crippen LogP contribution in [0.3, 0.4) is 0 Å². The van der Waals surface area contributed by atoms with Crippen molar-refractivity contribution < 1.29 is 14.3 Å². The van der Waals surface area contributed by atoms with Crippen molar-refractivity contribution in [3.8, 4) is 11.3 Å². The number of pyridine rings is 1. The monoisotopic (exact) mass is 556 g/mol. The highest BCUT2D eigenvalue weighted by Crippen LogP contribution is 2.34. The number of hydrogen-bond acceptors (Lipinski definition) is 8. The molecule has 0 saturated carbocycles. The first kappa shape index (κ1) is 28.0. The van der Waals surface area contributed by atoms with Gasteiger partial charge in [-0.2, -0.15) is 5.10 Å². The van der Waals surface area contributed by atoms with Crippen LogP contribution < -0.4 is 11.1 Å². The van der Waals surface area contributed by atoms with Gasteiger partial charge in [0.25, 0.3) is 5.91 Å². The standard InChI is InChI=1S/C30H36N8O3/c1-18(2)21-12-13-32-23(15-21)35-28(39)20-10-8-19(9-11-20)25-24-26(31)33-17-34-27(24)38(36-25)22-7-6-14-37(16-22)29(40)41-30(3,4)5/h8-13,15,17-18,22H,6-7,14,16H2,1-5H3,(H2,31,33,34)(H,32,35,39)/t22-/m1/s1. The molecule has 1 saturated heterocycles. The van der Waals surface area contributed by atoms with Crippen molar-refractivity contribution in [1.82, 2.24) is 29.6 Å². The molecule has 1 fully saturated rings. The molecule has 1 atom stereocenters. The average Bonchev–Trinajstić information content (AvgIpc) is 3.33. The van der Waals surface area contributed by atoms with E-state index in [1.807, 2.05) is 49.7 Å². The van der Waals surface area contributed by atoms with Gasteiger partial charge in [0.2, 0.25) is 0 Å². The molecule has 4 heterocycles. The molecule has 11 heteroatoms. The molecule has 0 radical (unpaired) electrons. The summed E-state index contributed by atoms with van der Waals surface area (Å²) in [4.78, 5) is 40.4. The Bertz CT molecular complexity index is 1570. The smallest absolute Gasteiger partial charge is 0.410 e. The summed E-state index contributed by atoms with van der Waals surface area (Å²) in [5.74, 6) is 0.891. The Morgan fingerprint density at radius 1 is 1.10 bits per heavy atom. The fraction of sp³-hybridized carbons (Fsp3) is 0.400. The summed E-state index contributed by atoms with van der Waals surface area (Å²) in [7, 11) is 0. The number of anilines is 2. The van der Waals surface area contributed by atoms with E-state index in [1.54, 1.807) is 23.2 Å². The molecule has 5 rings (SSSR count). The lowest BCUT2D eigenvalue weighted by Crippen LogP contribution is -2.43. The lowest BCUT2D eigenvalue weighted by Gasteiger charge is -2.34. The van der Waals surface area contributed by atoms with Crippen molar-refractivity contribution >= 4 is 34.7 Å². The molecular weight excluding hydrogens is 520 g/mol. The van der Waals surface area contributed by atoms with Gasteiger partial charge in [0.05, 0.1) is 11.4 Å². The predicted octanol–water partition coefficient (Wildman–Crippen LogP) is 5.42.